The van der Waals surface area contributed by atoms with Crippen molar-refractivity contribution in [2.45, 2.75) is 98.6 Å². The van der Waals surface area contributed by atoms with Crippen LogP contribution in [0.3, 0.4) is 0 Å². The molecule has 0 atom stereocenters. The van der Waals surface area contributed by atoms with Gasteiger partial charge in [-0.3, -0.25) is 0 Å². The molecule has 1 heterocycles. The van der Waals surface area contributed by atoms with Crippen LogP contribution in [0.1, 0.15) is 97.3 Å². The quantitative estimate of drug-likeness (QED) is 0.437. The molecule has 1 aliphatic heterocycles. The van der Waals surface area contributed by atoms with Crippen molar-refractivity contribution in [3.05, 3.63) is 28.8 Å². The Labute approximate surface area is 211 Å². The van der Waals surface area contributed by atoms with E-state index in [0.29, 0.717) is 22.0 Å². The van der Waals surface area contributed by atoms with E-state index < -0.39 is 11.6 Å². The molecule has 0 unspecified atom stereocenters. The van der Waals surface area contributed by atoms with Crippen LogP contribution < -0.4 is 5.32 Å². The Kier molecular flexibility index (Phi) is 12.2. The van der Waals surface area contributed by atoms with Gasteiger partial charge in [0.2, 0.25) is 0 Å². The van der Waals surface area contributed by atoms with E-state index in [0.717, 1.165) is 57.3 Å². The maximum absolute atomic E-state index is 12.3. The van der Waals surface area contributed by atoms with Crippen molar-refractivity contribution in [2.24, 2.45) is 5.41 Å². The Morgan fingerprint density at radius 3 is 2.06 bits per heavy atom. The van der Waals surface area contributed by atoms with Crippen LogP contribution in [-0.4, -0.2) is 48.8 Å². The van der Waals surface area contributed by atoms with E-state index in [9.17, 15) is 9.59 Å². The fourth-order valence-corrected chi connectivity index (χ4v) is 4.74. The lowest BCUT2D eigenvalue weighted by molar-refractivity contribution is 0.00393. The maximum Gasteiger partial charge on any atom is 0.410 e. The third-order valence-electron chi connectivity index (χ3n) is 6.27. The molecule has 7 heteroatoms. The second-order valence-electron chi connectivity index (χ2n) is 9.57. The maximum atomic E-state index is 12.3. The fraction of sp³-hybridized carbons (Fsp3) is 0.704. The van der Waals surface area contributed by atoms with Crippen molar-refractivity contribution < 1.29 is 19.1 Å². The summed E-state index contributed by atoms with van der Waals surface area (Å²) < 4.78 is 10.3. The summed E-state index contributed by atoms with van der Waals surface area (Å²) in [5.41, 5.74) is 1.19. The second kappa shape index (κ2) is 13.8. The Morgan fingerprint density at radius 2 is 1.59 bits per heavy atom. The van der Waals surface area contributed by atoms with Crippen molar-refractivity contribution in [3.8, 4) is 0 Å². The topological polar surface area (TPSA) is 67.9 Å². The molecular weight excluding hydrogens is 452 g/mol. The summed E-state index contributed by atoms with van der Waals surface area (Å²) in [4.78, 5) is 25.8. The zero-order chi connectivity index (χ0) is 25.9. The van der Waals surface area contributed by atoms with Crippen molar-refractivity contribution in [3.63, 3.8) is 0 Å². The molecule has 1 aliphatic carbocycles. The van der Waals surface area contributed by atoms with Gasteiger partial charge in [0.25, 0.3) is 0 Å². The molecule has 194 valence electrons. The van der Waals surface area contributed by atoms with Crippen LogP contribution in [0.2, 0.25) is 5.02 Å². The SMILES string of the molecule is CC.CC.COC(=O)c1ccc(NC2CCC3(CC2)CCN(C(=O)OC(C)(C)C)CC3)cc1Cl. The van der Waals surface area contributed by atoms with Crippen molar-refractivity contribution in [2.75, 3.05) is 25.5 Å². The third-order valence-corrected chi connectivity index (χ3v) is 6.58. The van der Waals surface area contributed by atoms with Crippen LogP contribution >= 0.6 is 11.6 Å². The molecule has 1 spiro atoms. The lowest BCUT2D eigenvalue weighted by Gasteiger charge is -2.46. The molecule has 6 nitrogen and oxygen atoms in total. The molecule has 34 heavy (non-hydrogen) atoms. The molecule has 1 amide bonds. The van der Waals surface area contributed by atoms with Crippen LogP contribution in [0.25, 0.3) is 0 Å². The Balaban J connectivity index is 0.00000137. The number of amides is 1. The van der Waals surface area contributed by atoms with Gasteiger partial charge in [-0.15, -0.1) is 0 Å². The van der Waals surface area contributed by atoms with Gasteiger partial charge in [0, 0.05) is 24.8 Å². The Bertz CT molecular complexity index is 773. The smallest absolute Gasteiger partial charge is 0.410 e. The first kappa shape index (κ1) is 30.1. The molecule has 1 saturated carbocycles. The minimum Gasteiger partial charge on any atom is -0.465 e. The minimum absolute atomic E-state index is 0.194. The lowest BCUT2D eigenvalue weighted by Crippen LogP contribution is -2.47. The zero-order valence-electron chi connectivity index (χ0n) is 22.4. The van der Waals surface area contributed by atoms with E-state index in [4.69, 9.17) is 21.1 Å². The number of rotatable bonds is 3. The minimum atomic E-state index is -0.450. The summed E-state index contributed by atoms with van der Waals surface area (Å²) in [7, 11) is 1.35. The van der Waals surface area contributed by atoms with Gasteiger partial charge in [0.1, 0.15) is 5.60 Å². The highest BCUT2D eigenvalue weighted by Gasteiger charge is 2.39. The van der Waals surface area contributed by atoms with Crippen LogP contribution in [0.15, 0.2) is 18.2 Å². The van der Waals surface area contributed by atoms with Crippen LogP contribution in [0.4, 0.5) is 10.5 Å². The van der Waals surface area contributed by atoms with Gasteiger partial charge in [-0.25, -0.2) is 9.59 Å². The lowest BCUT2D eigenvalue weighted by atomic mass is 9.67. The van der Waals surface area contributed by atoms with E-state index in [1.165, 1.54) is 7.11 Å². The first-order valence-electron chi connectivity index (χ1n) is 12.7. The van der Waals surface area contributed by atoms with Gasteiger partial charge in [-0.1, -0.05) is 39.3 Å². The molecule has 1 saturated heterocycles. The summed E-state index contributed by atoms with van der Waals surface area (Å²) in [5.74, 6) is -0.427. The number of hydrogen-bond acceptors (Lipinski definition) is 5. The number of benzene rings is 1. The summed E-state index contributed by atoms with van der Waals surface area (Å²) in [6, 6.07) is 5.76. The van der Waals surface area contributed by atoms with Crippen molar-refractivity contribution >= 4 is 29.4 Å². The molecular formula is C27H45ClN2O4. The number of hydrogen-bond donors (Lipinski definition) is 1. The highest BCUT2D eigenvalue weighted by atomic mass is 35.5. The highest BCUT2D eigenvalue weighted by molar-refractivity contribution is 6.33. The van der Waals surface area contributed by atoms with E-state index in [-0.39, 0.29) is 6.09 Å². The molecule has 2 fully saturated rings. The van der Waals surface area contributed by atoms with Gasteiger partial charge < -0.3 is 19.7 Å². The number of piperidine rings is 1. The normalized spacial score (nSPS) is 17.5. The number of anilines is 1. The standard InChI is InChI=1S/C23H33ClN2O4.2C2H6/c1-22(2,3)30-21(28)26-13-11-23(12-14-26)9-7-16(8-10-23)25-17-5-6-18(19(24)15-17)20(27)29-4;2*1-2/h5-6,15-16,25H,7-14H2,1-4H3;2*1-2H3. The number of nitrogens with one attached hydrogen (secondary N) is 1. The van der Waals surface area contributed by atoms with Crippen LogP contribution in [0.5, 0.6) is 0 Å². The summed E-state index contributed by atoms with van der Waals surface area (Å²) in [6.07, 6.45) is 6.37. The molecule has 3 rings (SSSR count). The van der Waals surface area contributed by atoms with Gasteiger partial charge >= 0.3 is 12.1 Å². The molecule has 0 bridgehead atoms. The molecule has 0 radical (unpaired) electrons. The molecule has 1 N–H and O–H groups in total. The van der Waals surface area contributed by atoms with Crippen LogP contribution in [-0.2, 0) is 9.47 Å². The highest BCUT2D eigenvalue weighted by Crippen LogP contribution is 2.45. The summed E-state index contributed by atoms with van der Waals surface area (Å²) in [5, 5.41) is 3.96. The summed E-state index contributed by atoms with van der Waals surface area (Å²) in [6.45, 7) is 15.3. The number of ether oxygens (including phenoxy) is 2. The monoisotopic (exact) mass is 496 g/mol. The van der Waals surface area contributed by atoms with Crippen molar-refractivity contribution in [1.29, 1.82) is 0 Å². The van der Waals surface area contributed by atoms with Gasteiger partial charge in [-0.05, 0) is 82.9 Å². The first-order valence-corrected chi connectivity index (χ1v) is 13.1. The number of likely N-dealkylation sites (tertiary alicyclic amines) is 1. The van der Waals surface area contributed by atoms with Crippen LogP contribution in [0, 0.1) is 5.41 Å². The first-order chi connectivity index (χ1) is 16.1. The largest absolute Gasteiger partial charge is 0.465 e. The fourth-order valence-electron chi connectivity index (χ4n) is 4.48. The molecule has 0 aromatic heterocycles. The Morgan fingerprint density at radius 1 is 1.03 bits per heavy atom. The number of esters is 1. The summed E-state index contributed by atoms with van der Waals surface area (Å²) >= 11 is 6.23. The van der Waals surface area contributed by atoms with E-state index in [2.05, 4.69) is 5.32 Å². The Hall–Kier alpha value is -1.95. The average Bonchev–Trinajstić information content (AvgIpc) is 2.82. The number of carbonyl (C=O) groups excluding carboxylic acids is 2. The van der Waals surface area contributed by atoms with E-state index in [1.807, 2.05) is 59.4 Å². The predicted octanol–water partition coefficient (Wildman–Crippen LogP) is 7.55. The van der Waals surface area contributed by atoms with E-state index >= 15 is 0 Å². The zero-order valence-corrected chi connectivity index (χ0v) is 23.2. The second-order valence-corrected chi connectivity index (χ2v) is 9.98. The molecule has 1 aromatic rings. The number of methoxy groups -OCH3 is 1. The number of carbonyl (C=O) groups is 2. The predicted molar refractivity (Wildman–Crippen MR) is 141 cm³/mol. The average molecular weight is 497 g/mol. The molecule has 1 aromatic carbocycles. The van der Waals surface area contributed by atoms with Gasteiger partial charge in [0.15, 0.2) is 0 Å². The van der Waals surface area contributed by atoms with Gasteiger partial charge in [0.05, 0.1) is 17.7 Å². The third kappa shape index (κ3) is 8.68. The number of halogens is 1. The van der Waals surface area contributed by atoms with Gasteiger partial charge in [-0.2, -0.15) is 0 Å². The number of nitrogens with zero attached hydrogens (tertiary/aromatic N) is 1. The molecule has 2 aliphatic rings. The van der Waals surface area contributed by atoms with E-state index in [1.54, 1.807) is 12.1 Å². The van der Waals surface area contributed by atoms with Crippen molar-refractivity contribution in [1.82, 2.24) is 4.90 Å².